The molecule has 4 N–H and O–H groups in total. The number of carbonyl (C=O) groups excluding carboxylic acids is 1. The molecule has 19 heavy (non-hydrogen) atoms. The van der Waals surface area contributed by atoms with Crippen LogP contribution in [-0.4, -0.2) is 27.4 Å². The van der Waals surface area contributed by atoms with E-state index in [1.165, 1.54) is 12.4 Å². The van der Waals surface area contributed by atoms with Gasteiger partial charge in [0.05, 0.1) is 17.4 Å². The average molecular weight is 278 g/mol. The van der Waals surface area contributed by atoms with Gasteiger partial charge in [0.2, 0.25) is 0 Å². The van der Waals surface area contributed by atoms with Crippen molar-refractivity contribution in [3.63, 3.8) is 0 Å². The van der Waals surface area contributed by atoms with Gasteiger partial charge in [-0.25, -0.2) is 20.8 Å². The number of nitrogens with one attached hydrogen (secondary N) is 2. The molecular formula is C11H14N6OS. The summed E-state index contributed by atoms with van der Waals surface area (Å²) < 4.78 is 0. The van der Waals surface area contributed by atoms with Crippen molar-refractivity contribution in [1.82, 2.24) is 20.3 Å². The molecule has 0 radical (unpaired) electrons. The summed E-state index contributed by atoms with van der Waals surface area (Å²) in [5.74, 6) is 5.32. The lowest BCUT2D eigenvalue weighted by molar-refractivity contribution is 0.0949. The Balaban J connectivity index is 1.83. The summed E-state index contributed by atoms with van der Waals surface area (Å²) in [5, 5.41) is 5.76. The monoisotopic (exact) mass is 278 g/mol. The van der Waals surface area contributed by atoms with Crippen LogP contribution in [0.1, 0.15) is 21.2 Å². The van der Waals surface area contributed by atoms with Gasteiger partial charge in [-0.2, -0.15) is 0 Å². The minimum atomic E-state index is -0.260. The van der Waals surface area contributed by atoms with Crippen molar-refractivity contribution in [2.24, 2.45) is 5.84 Å². The SMILES string of the molecule is Cc1csc(CCNC(=O)c2cnc(NN)cn2)n1. The zero-order valence-electron chi connectivity index (χ0n) is 10.4. The number of amides is 1. The maximum absolute atomic E-state index is 11.8. The number of hydrogen-bond donors (Lipinski definition) is 3. The predicted molar refractivity (Wildman–Crippen MR) is 72.7 cm³/mol. The molecule has 0 bridgehead atoms. The van der Waals surface area contributed by atoms with Crippen molar-refractivity contribution in [3.05, 3.63) is 34.2 Å². The first-order valence-corrected chi connectivity index (χ1v) is 6.55. The van der Waals surface area contributed by atoms with Crippen LogP contribution < -0.4 is 16.6 Å². The third-order valence-electron chi connectivity index (χ3n) is 2.32. The Morgan fingerprint density at radius 2 is 2.26 bits per heavy atom. The average Bonchev–Trinajstić information content (AvgIpc) is 2.84. The second-order valence-corrected chi connectivity index (χ2v) is 4.76. The highest BCUT2D eigenvalue weighted by Crippen LogP contribution is 2.08. The molecule has 2 aromatic heterocycles. The first-order chi connectivity index (χ1) is 9.19. The van der Waals surface area contributed by atoms with E-state index in [0.717, 1.165) is 10.7 Å². The van der Waals surface area contributed by atoms with E-state index >= 15 is 0 Å². The van der Waals surface area contributed by atoms with E-state index in [1.54, 1.807) is 11.3 Å². The summed E-state index contributed by atoms with van der Waals surface area (Å²) in [6.45, 7) is 2.46. The van der Waals surface area contributed by atoms with Gasteiger partial charge < -0.3 is 10.7 Å². The molecule has 1 amide bonds. The van der Waals surface area contributed by atoms with Crippen LogP contribution in [0.5, 0.6) is 0 Å². The fourth-order valence-electron chi connectivity index (χ4n) is 1.41. The molecule has 0 saturated carbocycles. The predicted octanol–water partition coefficient (Wildman–Crippen LogP) is 0.500. The van der Waals surface area contributed by atoms with Crippen LogP contribution in [-0.2, 0) is 6.42 Å². The van der Waals surface area contributed by atoms with Gasteiger partial charge >= 0.3 is 0 Å². The summed E-state index contributed by atoms with van der Waals surface area (Å²) >= 11 is 1.59. The first-order valence-electron chi connectivity index (χ1n) is 5.67. The lowest BCUT2D eigenvalue weighted by Crippen LogP contribution is -2.26. The van der Waals surface area contributed by atoms with Crippen LogP contribution in [0.3, 0.4) is 0 Å². The van der Waals surface area contributed by atoms with Crippen LogP contribution in [0, 0.1) is 6.92 Å². The third-order valence-corrected chi connectivity index (χ3v) is 3.35. The molecule has 0 atom stereocenters. The fourth-order valence-corrected chi connectivity index (χ4v) is 2.19. The van der Waals surface area contributed by atoms with Gasteiger partial charge in [0.1, 0.15) is 5.69 Å². The highest BCUT2D eigenvalue weighted by molar-refractivity contribution is 7.09. The standard InChI is InChI=1S/C11H14N6OS/c1-7-6-19-10(16-7)2-3-13-11(18)8-4-15-9(17-12)5-14-8/h4-6H,2-3,12H2,1H3,(H,13,18)(H,15,17). The minimum Gasteiger partial charge on any atom is -0.350 e. The molecule has 2 heterocycles. The van der Waals surface area contributed by atoms with Gasteiger partial charge in [0, 0.05) is 24.0 Å². The van der Waals surface area contributed by atoms with Gasteiger partial charge in [0.15, 0.2) is 5.82 Å². The van der Waals surface area contributed by atoms with Crippen LogP contribution >= 0.6 is 11.3 Å². The second kappa shape index (κ2) is 6.21. The molecule has 8 heteroatoms. The Morgan fingerprint density at radius 3 is 2.84 bits per heavy atom. The quantitative estimate of drug-likeness (QED) is 0.543. The van der Waals surface area contributed by atoms with E-state index < -0.39 is 0 Å². The van der Waals surface area contributed by atoms with Crippen molar-refractivity contribution in [3.8, 4) is 0 Å². The van der Waals surface area contributed by atoms with Crippen LogP contribution in [0.15, 0.2) is 17.8 Å². The lowest BCUT2D eigenvalue weighted by Gasteiger charge is -2.03. The van der Waals surface area contributed by atoms with Crippen molar-refractivity contribution < 1.29 is 4.79 Å². The maximum Gasteiger partial charge on any atom is 0.271 e. The third kappa shape index (κ3) is 3.70. The number of anilines is 1. The van der Waals surface area contributed by atoms with Crippen molar-refractivity contribution >= 4 is 23.1 Å². The number of aryl methyl sites for hydroxylation is 1. The van der Waals surface area contributed by atoms with E-state index in [1.807, 2.05) is 12.3 Å². The molecule has 0 unspecified atom stereocenters. The molecule has 0 aliphatic carbocycles. The summed E-state index contributed by atoms with van der Waals surface area (Å²) in [7, 11) is 0. The smallest absolute Gasteiger partial charge is 0.271 e. The molecule has 100 valence electrons. The summed E-state index contributed by atoms with van der Waals surface area (Å²) in [6, 6.07) is 0. The van der Waals surface area contributed by atoms with Gasteiger partial charge in [-0.3, -0.25) is 4.79 Å². The molecule has 0 aromatic carbocycles. The topological polar surface area (TPSA) is 106 Å². The van der Waals surface area contributed by atoms with E-state index in [0.29, 0.717) is 18.8 Å². The fraction of sp³-hybridized carbons (Fsp3) is 0.273. The number of nitrogens with two attached hydrogens (primary N) is 1. The van der Waals surface area contributed by atoms with Gasteiger partial charge in [-0.05, 0) is 6.92 Å². The summed E-state index contributed by atoms with van der Waals surface area (Å²) in [5.41, 5.74) is 3.61. The van der Waals surface area contributed by atoms with Crippen molar-refractivity contribution in [1.29, 1.82) is 0 Å². The molecule has 0 aliphatic rings. The largest absolute Gasteiger partial charge is 0.350 e. The molecule has 0 fully saturated rings. The van der Waals surface area contributed by atoms with Gasteiger partial charge in [-0.15, -0.1) is 11.3 Å². The summed E-state index contributed by atoms with van der Waals surface area (Å²) in [4.78, 5) is 23.9. The molecule has 0 saturated heterocycles. The molecule has 0 aliphatic heterocycles. The number of aromatic nitrogens is 3. The number of nitrogen functional groups attached to an aromatic ring is 1. The van der Waals surface area contributed by atoms with Crippen molar-refractivity contribution in [2.45, 2.75) is 13.3 Å². The Kier molecular flexibility index (Phi) is 4.37. The Bertz CT molecular complexity index is 553. The van der Waals surface area contributed by atoms with E-state index in [2.05, 4.69) is 25.7 Å². The van der Waals surface area contributed by atoms with E-state index in [9.17, 15) is 4.79 Å². The highest BCUT2D eigenvalue weighted by atomic mass is 32.1. The number of rotatable bonds is 5. The number of thiazole rings is 1. The van der Waals surface area contributed by atoms with Gasteiger partial charge in [0.25, 0.3) is 5.91 Å². The van der Waals surface area contributed by atoms with Gasteiger partial charge in [-0.1, -0.05) is 0 Å². The molecule has 0 spiro atoms. The zero-order chi connectivity index (χ0) is 13.7. The number of nitrogens with zero attached hydrogens (tertiary/aromatic N) is 3. The number of hydrazine groups is 1. The number of hydrogen-bond acceptors (Lipinski definition) is 7. The normalized spacial score (nSPS) is 10.2. The maximum atomic E-state index is 11.8. The Hall–Kier alpha value is -2.06. The van der Waals surface area contributed by atoms with E-state index in [-0.39, 0.29) is 11.6 Å². The first kappa shape index (κ1) is 13.4. The highest BCUT2D eigenvalue weighted by Gasteiger charge is 2.07. The minimum absolute atomic E-state index is 0.259. The molecule has 2 aromatic rings. The molecular weight excluding hydrogens is 264 g/mol. The zero-order valence-corrected chi connectivity index (χ0v) is 11.2. The number of carbonyl (C=O) groups is 1. The molecule has 2 rings (SSSR count). The van der Waals surface area contributed by atoms with Crippen LogP contribution in [0.2, 0.25) is 0 Å². The lowest BCUT2D eigenvalue weighted by atomic mass is 10.4. The Morgan fingerprint density at radius 1 is 1.42 bits per heavy atom. The van der Waals surface area contributed by atoms with Crippen molar-refractivity contribution in [2.75, 3.05) is 12.0 Å². The van der Waals surface area contributed by atoms with Crippen LogP contribution in [0.25, 0.3) is 0 Å². The van der Waals surface area contributed by atoms with Crippen LogP contribution in [0.4, 0.5) is 5.82 Å². The summed E-state index contributed by atoms with van der Waals surface area (Å²) in [6.07, 6.45) is 3.48. The second-order valence-electron chi connectivity index (χ2n) is 3.82. The molecule has 7 nitrogen and oxygen atoms in total. The van der Waals surface area contributed by atoms with E-state index in [4.69, 9.17) is 5.84 Å². The Labute approximate surface area is 114 Å².